The number of hydrogen-bond donors (Lipinski definition) is 1. The van der Waals surface area contributed by atoms with Crippen LogP contribution in [0.4, 0.5) is 0 Å². The molecule has 110 valence electrons. The molecule has 5 heteroatoms. The van der Waals surface area contributed by atoms with Crippen LogP contribution in [0.25, 0.3) is 0 Å². The standard InChI is InChI=1S/C15H24N4O/c1-2-9-19(13(5-1)12-4-3-8-16-12)10-14-17-15(20-18-14)11-6-7-11/h11-13,16H,1-10H2. The molecule has 5 nitrogen and oxygen atoms in total. The normalized spacial score (nSPS) is 31.8. The van der Waals surface area contributed by atoms with Gasteiger partial charge in [0.2, 0.25) is 5.89 Å². The first kappa shape index (κ1) is 12.8. The van der Waals surface area contributed by atoms with Crippen LogP contribution in [0.3, 0.4) is 0 Å². The highest BCUT2D eigenvalue weighted by Crippen LogP contribution is 2.39. The van der Waals surface area contributed by atoms with Gasteiger partial charge in [-0.1, -0.05) is 11.6 Å². The Morgan fingerprint density at radius 3 is 2.90 bits per heavy atom. The van der Waals surface area contributed by atoms with Gasteiger partial charge in [0.1, 0.15) is 0 Å². The molecule has 2 unspecified atom stereocenters. The van der Waals surface area contributed by atoms with Crippen LogP contribution < -0.4 is 5.32 Å². The van der Waals surface area contributed by atoms with Gasteiger partial charge in [0.05, 0.1) is 6.54 Å². The first-order valence-electron chi connectivity index (χ1n) is 8.20. The van der Waals surface area contributed by atoms with Crippen molar-refractivity contribution in [3.05, 3.63) is 11.7 Å². The number of rotatable bonds is 4. The summed E-state index contributed by atoms with van der Waals surface area (Å²) in [6.07, 6.45) is 9.06. The van der Waals surface area contributed by atoms with E-state index >= 15 is 0 Å². The van der Waals surface area contributed by atoms with E-state index in [4.69, 9.17) is 4.52 Å². The molecule has 3 aliphatic rings. The molecule has 0 aromatic carbocycles. The van der Waals surface area contributed by atoms with Crippen molar-refractivity contribution in [1.29, 1.82) is 0 Å². The van der Waals surface area contributed by atoms with E-state index in [2.05, 4.69) is 20.4 Å². The predicted octanol–water partition coefficient (Wildman–Crippen LogP) is 2.05. The molecule has 0 radical (unpaired) electrons. The van der Waals surface area contributed by atoms with Gasteiger partial charge < -0.3 is 9.84 Å². The fourth-order valence-electron chi connectivity index (χ4n) is 3.72. The summed E-state index contributed by atoms with van der Waals surface area (Å²) in [7, 11) is 0. The van der Waals surface area contributed by atoms with Crippen molar-refractivity contribution in [3.63, 3.8) is 0 Å². The van der Waals surface area contributed by atoms with Crippen LogP contribution >= 0.6 is 0 Å². The molecular weight excluding hydrogens is 252 g/mol. The number of likely N-dealkylation sites (tertiary alicyclic amines) is 1. The number of nitrogens with zero attached hydrogens (tertiary/aromatic N) is 3. The lowest BCUT2D eigenvalue weighted by Gasteiger charge is -2.38. The maximum absolute atomic E-state index is 5.39. The van der Waals surface area contributed by atoms with Crippen LogP contribution in [0.5, 0.6) is 0 Å². The second-order valence-electron chi connectivity index (χ2n) is 6.56. The minimum atomic E-state index is 0.560. The zero-order valence-corrected chi connectivity index (χ0v) is 12.1. The summed E-state index contributed by atoms with van der Waals surface area (Å²) in [5, 5.41) is 7.85. The second kappa shape index (κ2) is 5.45. The molecular formula is C15H24N4O. The Hall–Kier alpha value is -0.940. The summed E-state index contributed by atoms with van der Waals surface area (Å²) in [6, 6.07) is 1.33. The van der Waals surface area contributed by atoms with Crippen molar-refractivity contribution < 1.29 is 4.52 Å². The Morgan fingerprint density at radius 2 is 2.10 bits per heavy atom. The largest absolute Gasteiger partial charge is 0.339 e. The average Bonchev–Trinajstić information content (AvgIpc) is 3.00. The first-order chi connectivity index (χ1) is 9.90. The Labute approximate surface area is 120 Å². The molecule has 3 heterocycles. The molecule has 20 heavy (non-hydrogen) atoms. The summed E-state index contributed by atoms with van der Waals surface area (Å²) in [5.41, 5.74) is 0. The van der Waals surface area contributed by atoms with Crippen LogP contribution in [-0.2, 0) is 6.54 Å². The van der Waals surface area contributed by atoms with Gasteiger partial charge in [-0.3, -0.25) is 4.90 Å². The van der Waals surface area contributed by atoms with E-state index in [9.17, 15) is 0 Å². The number of nitrogens with one attached hydrogen (secondary N) is 1. The molecule has 4 rings (SSSR count). The van der Waals surface area contributed by atoms with Gasteiger partial charge in [0, 0.05) is 18.0 Å². The highest BCUT2D eigenvalue weighted by atomic mass is 16.5. The van der Waals surface area contributed by atoms with Crippen molar-refractivity contribution in [2.45, 2.75) is 69.5 Å². The predicted molar refractivity (Wildman–Crippen MR) is 75.3 cm³/mol. The van der Waals surface area contributed by atoms with Crippen molar-refractivity contribution in [3.8, 4) is 0 Å². The molecule has 0 amide bonds. The smallest absolute Gasteiger partial charge is 0.229 e. The third kappa shape index (κ3) is 2.61. The lowest BCUT2D eigenvalue weighted by Crippen LogP contribution is -2.49. The quantitative estimate of drug-likeness (QED) is 0.912. The zero-order valence-electron chi connectivity index (χ0n) is 12.1. The fourth-order valence-corrected chi connectivity index (χ4v) is 3.72. The minimum Gasteiger partial charge on any atom is -0.339 e. The van der Waals surface area contributed by atoms with Crippen LogP contribution in [-0.4, -0.2) is 40.2 Å². The molecule has 1 aliphatic carbocycles. The van der Waals surface area contributed by atoms with Crippen molar-refractivity contribution >= 4 is 0 Å². The SMILES string of the molecule is C1CNC(C2CCCCN2Cc2noc(C3CC3)n2)C1. The molecule has 1 aromatic rings. The number of aromatic nitrogens is 2. The van der Waals surface area contributed by atoms with E-state index in [1.807, 2.05) is 0 Å². The number of piperidine rings is 1. The molecule has 2 aliphatic heterocycles. The van der Waals surface area contributed by atoms with Gasteiger partial charge >= 0.3 is 0 Å². The Bertz CT molecular complexity index is 450. The molecule has 0 bridgehead atoms. The molecule has 1 aromatic heterocycles. The summed E-state index contributed by atoms with van der Waals surface area (Å²) in [5.74, 6) is 2.31. The lowest BCUT2D eigenvalue weighted by atomic mass is 9.94. The summed E-state index contributed by atoms with van der Waals surface area (Å²) >= 11 is 0. The summed E-state index contributed by atoms with van der Waals surface area (Å²) in [4.78, 5) is 7.16. The molecule has 1 saturated carbocycles. The Balaban J connectivity index is 1.43. The second-order valence-corrected chi connectivity index (χ2v) is 6.56. The molecule has 3 fully saturated rings. The highest BCUT2D eigenvalue weighted by Gasteiger charge is 2.33. The maximum Gasteiger partial charge on any atom is 0.229 e. The van der Waals surface area contributed by atoms with E-state index in [0.29, 0.717) is 18.0 Å². The van der Waals surface area contributed by atoms with Gasteiger partial charge in [-0.05, 0) is 51.6 Å². The van der Waals surface area contributed by atoms with Crippen molar-refractivity contribution in [1.82, 2.24) is 20.4 Å². The molecule has 2 atom stereocenters. The van der Waals surface area contributed by atoms with Gasteiger partial charge in [-0.2, -0.15) is 4.98 Å². The Morgan fingerprint density at radius 1 is 1.15 bits per heavy atom. The van der Waals surface area contributed by atoms with Gasteiger partial charge in [0.15, 0.2) is 5.82 Å². The topological polar surface area (TPSA) is 54.2 Å². The van der Waals surface area contributed by atoms with Crippen LogP contribution in [0.2, 0.25) is 0 Å². The average molecular weight is 276 g/mol. The molecule has 1 N–H and O–H groups in total. The van der Waals surface area contributed by atoms with Crippen molar-refractivity contribution in [2.24, 2.45) is 0 Å². The lowest BCUT2D eigenvalue weighted by molar-refractivity contribution is 0.108. The van der Waals surface area contributed by atoms with Crippen molar-refractivity contribution in [2.75, 3.05) is 13.1 Å². The summed E-state index contributed by atoms with van der Waals surface area (Å²) in [6.45, 7) is 3.22. The Kier molecular flexibility index (Phi) is 3.48. The van der Waals surface area contributed by atoms with E-state index in [-0.39, 0.29) is 0 Å². The molecule has 0 spiro atoms. The van der Waals surface area contributed by atoms with E-state index in [0.717, 1.165) is 18.3 Å². The monoisotopic (exact) mass is 276 g/mol. The number of hydrogen-bond acceptors (Lipinski definition) is 5. The first-order valence-corrected chi connectivity index (χ1v) is 8.20. The fraction of sp³-hybridized carbons (Fsp3) is 0.867. The van der Waals surface area contributed by atoms with E-state index in [1.54, 1.807) is 0 Å². The summed E-state index contributed by atoms with van der Waals surface area (Å²) < 4.78 is 5.39. The van der Waals surface area contributed by atoms with Crippen LogP contribution in [0.1, 0.15) is 62.6 Å². The van der Waals surface area contributed by atoms with E-state index in [1.165, 1.54) is 58.0 Å². The third-order valence-electron chi connectivity index (χ3n) is 4.98. The van der Waals surface area contributed by atoms with Crippen LogP contribution in [0.15, 0.2) is 4.52 Å². The minimum absolute atomic E-state index is 0.560. The van der Waals surface area contributed by atoms with Gasteiger partial charge in [-0.25, -0.2) is 0 Å². The third-order valence-corrected chi connectivity index (χ3v) is 4.98. The van der Waals surface area contributed by atoms with Gasteiger partial charge in [-0.15, -0.1) is 0 Å². The zero-order chi connectivity index (χ0) is 13.4. The highest BCUT2D eigenvalue weighted by molar-refractivity contribution is 5.02. The molecule has 2 saturated heterocycles. The van der Waals surface area contributed by atoms with E-state index < -0.39 is 0 Å². The van der Waals surface area contributed by atoms with Gasteiger partial charge in [0.25, 0.3) is 0 Å². The maximum atomic E-state index is 5.39. The van der Waals surface area contributed by atoms with Crippen LogP contribution in [0, 0.1) is 0 Å².